The van der Waals surface area contributed by atoms with Gasteiger partial charge in [-0.3, -0.25) is 0 Å². The molecule has 2 aliphatic heterocycles. The first kappa shape index (κ1) is 12.3. The van der Waals surface area contributed by atoms with Gasteiger partial charge in [-0.15, -0.1) is 0 Å². The zero-order chi connectivity index (χ0) is 11.4. The van der Waals surface area contributed by atoms with Crippen LogP contribution in [0.5, 0.6) is 0 Å². The Morgan fingerprint density at radius 3 is 2.62 bits per heavy atom. The predicted octanol–water partition coefficient (Wildman–Crippen LogP) is -0.142. The van der Waals surface area contributed by atoms with E-state index in [-0.39, 0.29) is 0 Å². The Labute approximate surface area is 98.9 Å². The van der Waals surface area contributed by atoms with Crippen molar-refractivity contribution in [2.24, 2.45) is 5.92 Å². The summed E-state index contributed by atoms with van der Waals surface area (Å²) in [5.74, 6) is 0.684. The summed E-state index contributed by atoms with van der Waals surface area (Å²) in [4.78, 5) is 4.99. The highest BCUT2D eigenvalue weighted by Gasteiger charge is 2.29. The first-order valence-corrected chi connectivity index (χ1v) is 6.51. The lowest BCUT2D eigenvalue weighted by Gasteiger charge is -2.34. The van der Waals surface area contributed by atoms with E-state index in [0.717, 1.165) is 19.8 Å². The van der Waals surface area contributed by atoms with E-state index in [4.69, 9.17) is 4.74 Å². The highest BCUT2D eigenvalue weighted by atomic mass is 16.5. The molecule has 0 amide bonds. The van der Waals surface area contributed by atoms with Gasteiger partial charge in [-0.2, -0.15) is 0 Å². The van der Waals surface area contributed by atoms with Crippen LogP contribution in [0.3, 0.4) is 0 Å². The molecular weight excluding hydrogens is 202 g/mol. The summed E-state index contributed by atoms with van der Waals surface area (Å²) in [5.41, 5.74) is 0. The summed E-state index contributed by atoms with van der Waals surface area (Å²) < 4.78 is 5.59. The molecule has 0 spiro atoms. The van der Waals surface area contributed by atoms with Crippen molar-refractivity contribution in [1.29, 1.82) is 0 Å². The van der Waals surface area contributed by atoms with Gasteiger partial charge in [0, 0.05) is 44.7 Å². The number of nitrogens with zero attached hydrogens (tertiary/aromatic N) is 2. The Balaban J connectivity index is 1.75. The second-order valence-electron chi connectivity index (χ2n) is 5.07. The number of rotatable bonds is 4. The third-order valence-electron chi connectivity index (χ3n) is 3.75. The van der Waals surface area contributed by atoms with Crippen molar-refractivity contribution in [3.05, 3.63) is 0 Å². The molecular formula is C12H25N3O. The van der Waals surface area contributed by atoms with Crippen molar-refractivity contribution >= 4 is 0 Å². The van der Waals surface area contributed by atoms with E-state index < -0.39 is 0 Å². The van der Waals surface area contributed by atoms with Gasteiger partial charge in [-0.05, 0) is 13.6 Å². The Morgan fingerprint density at radius 1 is 1.19 bits per heavy atom. The fraction of sp³-hybridized carbons (Fsp3) is 1.00. The van der Waals surface area contributed by atoms with E-state index in [1.54, 1.807) is 0 Å². The molecule has 0 aromatic carbocycles. The zero-order valence-corrected chi connectivity index (χ0v) is 10.6. The van der Waals surface area contributed by atoms with Crippen molar-refractivity contribution in [2.45, 2.75) is 13.0 Å². The summed E-state index contributed by atoms with van der Waals surface area (Å²) in [6.45, 7) is 11.1. The van der Waals surface area contributed by atoms with E-state index in [1.165, 1.54) is 32.7 Å². The molecule has 2 unspecified atom stereocenters. The van der Waals surface area contributed by atoms with Crippen LogP contribution in [-0.2, 0) is 4.74 Å². The lowest BCUT2D eigenvalue weighted by molar-refractivity contribution is 0.123. The van der Waals surface area contributed by atoms with Gasteiger partial charge in [0.05, 0.1) is 13.2 Å². The Hall–Kier alpha value is -0.160. The third kappa shape index (κ3) is 3.17. The number of hydrogen-bond donors (Lipinski definition) is 1. The number of hydrogen-bond acceptors (Lipinski definition) is 4. The number of nitrogens with one attached hydrogen (secondary N) is 1. The predicted molar refractivity (Wildman–Crippen MR) is 65.7 cm³/mol. The molecule has 16 heavy (non-hydrogen) atoms. The molecule has 0 aromatic heterocycles. The minimum absolute atomic E-state index is 0.574. The standard InChI is InChI=1S/C12H25N3O/c1-3-13-12-10-16-9-11(12)8-15-6-4-14(2)5-7-15/h11-13H,3-10H2,1-2H3. The van der Waals surface area contributed by atoms with Crippen LogP contribution in [-0.4, -0.2) is 75.4 Å². The Bertz CT molecular complexity index is 204. The molecule has 0 aliphatic carbocycles. The van der Waals surface area contributed by atoms with Crippen LogP contribution in [0.4, 0.5) is 0 Å². The van der Waals surface area contributed by atoms with Crippen LogP contribution in [0.1, 0.15) is 6.92 Å². The summed E-state index contributed by atoms with van der Waals surface area (Å²) in [6.07, 6.45) is 0. The van der Waals surface area contributed by atoms with Crippen LogP contribution in [0.15, 0.2) is 0 Å². The molecule has 0 radical (unpaired) electrons. The van der Waals surface area contributed by atoms with Gasteiger partial charge in [-0.1, -0.05) is 6.92 Å². The van der Waals surface area contributed by atoms with Gasteiger partial charge >= 0.3 is 0 Å². The van der Waals surface area contributed by atoms with Gasteiger partial charge in [0.2, 0.25) is 0 Å². The monoisotopic (exact) mass is 227 g/mol. The maximum Gasteiger partial charge on any atom is 0.0623 e. The third-order valence-corrected chi connectivity index (χ3v) is 3.75. The Kier molecular flexibility index (Phi) is 4.58. The maximum atomic E-state index is 5.59. The van der Waals surface area contributed by atoms with Gasteiger partial charge in [0.25, 0.3) is 0 Å². The van der Waals surface area contributed by atoms with E-state index in [9.17, 15) is 0 Å². The van der Waals surface area contributed by atoms with Gasteiger partial charge < -0.3 is 19.9 Å². The smallest absolute Gasteiger partial charge is 0.0623 e. The average Bonchev–Trinajstić information content (AvgIpc) is 2.70. The largest absolute Gasteiger partial charge is 0.379 e. The first-order valence-electron chi connectivity index (χ1n) is 6.51. The highest BCUT2D eigenvalue weighted by Crippen LogP contribution is 2.16. The van der Waals surface area contributed by atoms with Gasteiger partial charge in [-0.25, -0.2) is 0 Å². The van der Waals surface area contributed by atoms with Crippen molar-refractivity contribution in [1.82, 2.24) is 15.1 Å². The molecule has 2 aliphatic rings. The van der Waals surface area contributed by atoms with Gasteiger partial charge in [0.1, 0.15) is 0 Å². The molecule has 2 atom stereocenters. The Morgan fingerprint density at radius 2 is 1.94 bits per heavy atom. The molecule has 0 bridgehead atoms. The number of likely N-dealkylation sites (N-methyl/N-ethyl adjacent to an activating group) is 2. The van der Waals surface area contributed by atoms with Gasteiger partial charge in [0.15, 0.2) is 0 Å². The SMILES string of the molecule is CCNC1COCC1CN1CCN(C)CC1. The van der Waals surface area contributed by atoms with Crippen molar-refractivity contribution in [2.75, 3.05) is 59.5 Å². The van der Waals surface area contributed by atoms with Crippen molar-refractivity contribution in [3.63, 3.8) is 0 Å². The molecule has 2 fully saturated rings. The van der Waals surface area contributed by atoms with E-state index in [1.807, 2.05) is 0 Å². The summed E-state index contributed by atoms with van der Waals surface area (Å²) in [5, 5.41) is 3.53. The topological polar surface area (TPSA) is 27.7 Å². The minimum Gasteiger partial charge on any atom is -0.379 e. The van der Waals surface area contributed by atoms with Crippen molar-refractivity contribution < 1.29 is 4.74 Å². The molecule has 94 valence electrons. The van der Waals surface area contributed by atoms with Crippen LogP contribution < -0.4 is 5.32 Å². The summed E-state index contributed by atoms with van der Waals surface area (Å²) >= 11 is 0. The molecule has 0 aromatic rings. The minimum atomic E-state index is 0.574. The zero-order valence-electron chi connectivity index (χ0n) is 10.6. The van der Waals surface area contributed by atoms with Crippen LogP contribution in [0.2, 0.25) is 0 Å². The normalized spacial score (nSPS) is 33.4. The molecule has 4 heteroatoms. The second kappa shape index (κ2) is 5.96. The average molecular weight is 227 g/mol. The molecule has 2 heterocycles. The lowest BCUT2D eigenvalue weighted by atomic mass is 10.0. The van der Waals surface area contributed by atoms with Crippen LogP contribution >= 0.6 is 0 Å². The van der Waals surface area contributed by atoms with Crippen LogP contribution in [0, 0.1) is 5.92 Å². The quantitative estimate of drug-likeness (QED) is 0.723. The lowest BCUT2D eigenvalue weighted by Crippen LogP contribution is -2.48. The van der Waals surface area contributed by atoms with E-state index in [2.05, 4.69) is 29.1 Å². The van der Waals surface area contributed by atoms with Crippen molar-refractivity contribution in [3.8, 4) is 0 Å². The molecule has 4 nitrogen and oxygen atoms in total. The van der Waals surface area contributed by atoms with E-state index in [0.29, 0.717) is 12.0 Å². The molecule has 1 N–H and O–H groups in total. The van der Waals surface area contributed by atoms with Crippen LogP contribution in [0.25, 0.3) is 0 Å². The summed E-state index contributed by atoms with van der Waals surface area (Å²) in [6, 6.07) is 0.574. The second-order valence-corrected chi connectivity index (χ2v) is 5.07. The number of piperazine rings is 1. The highest BCUT2D eigenvalue weighted by molar-refractivity contribution is 4.84. The fourth-order valence-corrected chi connectivity index (χ4v) is 2.63. The molecule has 2 rings (SSSR count). The van der Waals surface area contributed by atoms with E-state index >= 15 is 0 Å². The molecule has 0 saturated carbocycles. The fourth-order valence-electron chi connectivity index (χ4n) is 2.63. The molecule has 2 saturated heterocycles. The first-order chi connectivity index (χ1) is 7.79. The maximum absolute atomic E-state index is 5.59. The summed E-state index contributed by atoms with van der Waals surface area (Å²) in [7, 11) is 2.21. The number of ether oxygens (including phenoxy) is 1.